The molecule has 10 nitrogen and oxygen atoms in total. The van der Waals surface area contributed by atoms with Gasteiger partial charge in [-0.15, -0.1) is 0 Å². The lowest BCUT2D eigenvalue weighted by Crippen LogP contribution is -2.53. The molecule has 0 radical (unpaired) electrons. The molecule has 1 saturated carbocycles. The van der Waals surface area contributed by atoms with E-state index in [-0.39, 0.29) is 6.61 Å². The zero-order valence-electron chi connectivity index (χ0n) is 19.7. The van der Waals surface area contributed by atoms with E-state index in [0.29, 0.717) is 24.8 Å². The average Bonchev–Trinajstić information content (AvgIpc) is 3.58. The monoisotopic (exact) mass is 512 g/mol. The summed E-state index contributed by atoms with van der Waals surface area (Å²) in [6.45, 7) is 3.66. The van der Waals surface area contributed by atoms with Crippen LogP contribution in [0.2, 0.25) is 0 Å². The van der Waals surface area contributed by atoms with Gasteiger partial charge in [0.1, 0.15) is 18.0 Å². The summed E-state index contributed by atoms with van der Waals surface area (Å²) in [5, 5.41) is 11.6. The Kier molecular flexibility index (Phi) is 7.23. The summed E-state index contributed by atoms with van der Waals surface area (Å²) in [5.74, 6) is -0.861. The van der Waals surface area contributed by atoms with Crippen molar-refractivity contribution in [2.75, 3.05) is 20.2 Å². The van der Waals surface area contributed by atoms with E-state index in [1.807, 2.05) is 12.1 Å². The molecule has 0 bridgehead atoms. The van der Waals surface area contributed by atoms with E-state index < -0.39 is 28.9 Å². The van der Waals surface area contributed by atoms with Crippen molar-refractivity contribution in [2.45, 2.75) is 57.3 Å². The van der Waals surface area contributed by atoms with Crippen LogP contribution in [0.25, 0.3) is 0 Å². The number of ether oxygens (including phenoxy) is 2. The fourth-order valence-corrected chi connectivity index (χ4v) is 4.37. The van der Waals surface area contributed by atoms with Gasteiger partial charge in [-0.05, 0) is 42.9 Å². The molecule has 1 aliphatic carbocycles. The van der Waals surface area contributed by atoms with Gasteiger partial charge in [0.25, 0.3) is 0 Å². The summed E-state index contributed by atoms with van der Waals surface area (Å²) in [4.78, 5) is 36.4. The Morgan fingerprint density at radius 2 is 1.86 bits per heavy atom. The van der Waals surface area contributed by atoms with Crippen molar-refractivity contribution in [1.29, 1.82) is 0 Å². The number of hydrogen-bond acceptors (Lipinski definition) is 7. The van der Waals surface area contributed by atoms with Gasteiger partial charge in [0.05, 0.1) is 13.7 Å². The standard InChI is InChI=1S/C21H26N4O4.C2HF3O2/c1-28-17-6-4-15(5-7-17)10-23-9-8-21(13-23)14-24-18(12-29-21)22-25(11-16-2-3-16)20(27)19(24)26;3-2(4,5)1(6)7/h4-7,16H,2-3,8-14H2,1H3;(H,6,7). The number of carbonyl (C=O) groups is 1. The van der Waals surface area contributed by atoms with Crippen molar-refractivity contribution in [3.8, 4) is 5.75 Å². The first kappa shape index (κ1) is 25.9. The Morgan fingerprint density at radius 3 is 2.44 bits per heavy atom. The van der Waals surface area contributed by atoms with Crippen LogP contribution in [0.3, 0.4) is 0 Å². The van der Waals surface area contributed by atoms with Crippen molar-refractivity contribution in [1.82, 2.24) is 19.2 Å². The number of nitrogens with zero attached hydrogens (tertiary/aromatic N) is 4. The number of methoxy groups -OCH3 is 1. The fourth-order valence-electron chi connectivity index (χ4n) is 4.37. The maximum absolute atomic E-state index is 12.7. The lowest BCUT2D eigenvalue weighted by atomic mass is 10.0. The molecule has 2 aliphatic heterocycles. The first-order chi connectivity index (χ1) is 17.0. The summed E-state index contributed by atoms with van der Waals surface area (Å²) >= 11 is 0. The van der Waals surface area contributed by atoms with E-state index in [4.69, 9.17) is 19.4 Å². The SMILES string of the molecule is COc1ccc(CN2CCC3(C2)Cn2c(nn(CC4CC4)c(=O)c2=O)CO3)cc1.O=C(O)C(F)(F)F. The number of alkyl halides is 3. The van der Waals surface area contributed by atoms with Gasteiger partial charge >= 0.3 is 23.3 Å². The van der Waals surface area contributed by atoms with Crippen molar-refractivity contribution in [2.24, 2.45) is 5.92 Å². The van der Waals surface area contributed by atoms with E-state index in [1.165, 1.54) is 10.2 Å². The van der Waals surface area contributed by atoms with E-state index >= 15 is 0 Å². The summed E-state index contributed by atoms with van der Waals surface area (Å²) in [7, 11) is 1.66. The minimum absolute atomic E-state index is 0.274. The number of carboxylic acids is 1. The molecule has 13 heteroatoms. The highest BCUT2D eigenvalue weighted by Crippen LogP contribution is 2.32. The Balaban J connectivity index is 0.000000384. The molecule has 36 heavy (non-hydrogen) atoms. The number of hydrogen-bond donors (Lipinski definition) is 1. The van der Waals surface area contributed by atoms with Crippen molar-refractivity contribution in [3.05, 3.63) is 56.4 Å². The molecule has 0 amide bonds. The maximum Gasteiger partial charge on any atom is 0.490 e. The molecule has 196 valence electrons. The molecule has 1 aromatic carbocycles. The summed E-state index contributed by atoms with van der Waals surface area (Å²) < 4.78 is 46.1. The molecule has 1 unspecified atom stereocenters. The highest BCUT2D eigenvalue weighted by Gasteiger charge is 2.43. The number of carboxylic acid groups (broad SMARTS) is 1. The smallest absolute Gasteiger partial charge is 0.490 e. The molecule has 3 heterocycles. The van der Waals surface area contributed by atoms with Crippen LogP contribution >= 0.6 is 0 Å². The third-order valence-corrected chi connectivity index (χ3v) is 6.50. The molecular formula is C23H27F3N4O6. The van der Waals surface area contributed by atoms with Gasteiger partial charge in [-0.3, -0.25) is 19.1 Å². The average molecular weight is 512 g/mol. The van der Waals surface area contributed by atoms with E-state index in [9.17, 15) is 22.8 Å². The molecule has 1 spiro atoms. The molecular weight excluding hydrogens is 485 g/mol. The first-order valence-corrected chi connectivity index (χ1v) is 11.5. The minimum atomic E-state index is -5.08. The third-order valence-electron chi connectivity index (χ3n) is 6.50. The van der Waals surface area contributed by atoms with Gasteiger partial charge in [0, 0.05) is 26.2 Å². The van der Waals surface area contributed by atoms with Crippen LogP contribution in [0.15, 0.2) is 33.9 Å². The molecule has 3 aliphatic rings. The van der Waals surface area contributed by atoms with Crippen LogP contribution in [-0.4, -0.2) is 62.3 Å². The fraction of sp³-hybridized carbons (Fsp3) is 0.565. The van der Waals surface area contributed by atoms with Crippen molar-refractivity contribution < 1.29 is 32.5 Å². The van der Waals surface area contributed by atoms with Gasteiger partial charge in [0.15, 0.2) is 5.82 Å². The van der Waals surface area contributed by atoms with Gasteiger partial charge < -0.3 is 14.6 Å². The summed E-state index contributed by atoms with van der Waals surface area (Å²) in [6.07, 6.45) is -2.04. The first-order valence-electron chi connectivity index (χ1n) is 11.5. The molecule has 1 N–H and O–H groups in total. The van der Waals surface area contributed by atoms with Gasteiger partial charge in [-0.2, -0.15) is 18.3 Å². The second-order valence-corrected chi connectivity index (χ2v) is 9.32. The van der Waals surface area contributed by atoms with Gasteiger partial charge in [0.2, 0.25) is 0 Å². The Labute approximate surface area is 203 Å². The number of fused-ring (bicyclic) bond motifs is 1. The molecule has 5 rings (SSSR count). The number of likely N-dealkylation sites (tertiary alicyclic amines) is 1. The van der Waals surface area contributed by atoms with Crippen molar-refractivity contribution in [3.63, 3.8) is 0 Å². The van der Waals surface area contributed by atoms with Crippen LogP contribution in [0.1, 0.15) is 30.7 Å². The largest absolute Gasteiger partial charge is 0.497 e. The van der Waals surface area contributed by atoms with Crippen LogP contribution in [-0.2, 0) is 35.8 Å². The summed E-state index contributed by atoms with van der Waals surface area (Å²) in [5.41, 5.74) is -0.196. The topological polar surface area (TPSA) is 116 Å². The molecule has 1 aromatic heterocycles. The van der Waals surface area contributed by atoms with Crippen LogP contribution in [0, 0.1) is 5.92 Å². The highest BCUT2D eigenvalue weighted by atomic mass is 19.4. The van der Waals surface area contributed by atoms with Crippen LogP contribution in [0.4, 0.5) is 13.2 Å². The van der Waals surface area contributed by atoms with Gasteiger partial charge in [-0.1, -0.05) is 12.1 Å². The van der Waals surface area contributed by atoms with E-state index in [2.05, 4.69) is 22.1 Å². The van der Waals surface area contributed by atoms with Crippen molar-refractivity contribution >= 4 is 5.97 Å². The number of halogens is 3. The second-order valence-electron chi connectivity index (χ2n) is 9.32. The minimum Gasteiger partial charge on any atom is -0.497 e. The normalized spacial score (nSPS) is 21.6. The maximum atomic E-state index is 12.7. The lowest BCUT2D eigenvalue weighted by Gasteiger charge is -2.35. The van der Waals surface area contributed by atoms with E-state index in [0.717, 1.165) is 44.6 Å². The zero-order chi connectivity index (χ0) is 26.1. The quantitative estimate of drug-likeness (QED) is 0.602. The van der Waals surface area contributed by atoms with Crippen LogP contribution < -0.4 is 15.9 Å². The number of rotatable bonds is 5. The third kappa shape index (κ3) is 5.95. The lowest BCUT2D eigenvalue weighted by molar-refractivity contribution is -0.192. The molecule has 2 aromatic rings. The molecule has 1 saturated heterocycles. The van der Waals surface area contributed by atoms with E-state index in [1.54, 1.807) is 11.7 Å². The predicted octanol–water partition coefficient (Wildman–Crippen LogP) is 1.63. The molecule has 1 atom stereocenters. The zero-order valence-corrected chi connectivity index (χ0v) is 19.7. The summed E-state index contributed by atoms with van der Waals surface area (Å²) in [6, 6.07) is 8.06. The van der Waals surface area contributed by atoms with Gasteiger partial charge in [-0.25, -0.2) is 9.48 Å². The highest BCUT2D eigenvalue weighted by molar-refractivity contribution is 5.73. The number of aliphatic carboxylic acids is 1. The number of benzene rings is 1. The Bertz CT molecular complexity index is 1220. The number of aromatic nitrogens is 3. The Morgan fingerprint density at radius 1 is 1.19 bits per heavy atom. The Hall–Kier alpha value is -3.19. The molecule has 2 fully saturated rings. The second kappa shape index (κ2) is 10.1. The van der Waals surface area contributed by atoms with Crippen LogP contribution in [0.5, 0.6) is 5.75 Å². The predicted molar refractivity (Wildman–Crippen MR) is 120 cm³/mol.